The van der Waals surface area contributed by atoms with Gasteiger partial charge in [0.1, 0.15) is 11.4 Å². The molecular formula is C15H23N3O2. The average molecular weight is 277 g/mol. The van der Waals surface area contributed by atoms with Gasteiger partial charge < -0.3 is 9.67 Å². The first-order valence-corrected chi connectivity index (χ1v) is 7.55. The Morgan fingerprint density at radius 2 is 2.20 bits per heavy atom. The molecule has 1 aromatic rings. The van der Waals surface area contributed by atoms with Gasteiger partial charge in [0.05, 0.1) is 6.54 Å². The number of aromatic nitrogens is 2. The zero-order valence-electron chi connectivity index (χ0n) is 12.2. The Morgan fingerprint density at radius 3 is 2.70 bits per heavy atom. The quantitative estimate of drug-likeness (QED) is 0.800. The lowest BCUT2D eigenvalue weighted by Crippen LogP contribution is -2.58. The van der Waals surface area contributed by atoms with Gasteiger partial charge in [-0.25, -0.2) is 4.98 Å². The highest BCUT2D eigenvalue weighted by atomic mass is 16.4. The fourth-order valence-electron chi connectivity index (χ4n) is 2.99. The van der Waals surface area contributed by atoms with Crippen LogP contribution in [-0.2, 0) is 11.3 Å². The second-order valence-corrected chi connectivity index (χ2v) is 6.54. The number of hydrogen-bond donors (Lipinski definition) is 2. The highest BCUT2D eigenvalue weighted by Crippen LogP contribution is 2.43. The maximum absolute atomic E-state index is 12.0. The Bertz CT molecular complexity index is 503. The van der Waals surface area contributed by atoms with E-state index in [1.165, 1.54) is 0 Å². The summed E-state index contributed by atoms with van der Waals surface area (Å²) in [4.78, 5) is 16.4. The molecule has 1 unspecified atom stereocenters. The molecule has 0 aromatic carbocycles. The van der Waals surface area contributed by atoms with E-state index in [1.807, 2.05) is 10.8 Å². The highest BCUT2D eigenvalue weighted by Gasteiger charge is 2.53. The minimum atomic E-state index is -0.814. The molecule has 110 valence electrons. The minimum absolute atomic E-state index is 0.253. The standard InChI is InChI=1S/C15H23N3O2/c1-10(2)13-16-7-8-18(13)9-15(14(19)20,11-3-4-11)17-12-5-6-12/h7-8,10-12,17H,3-6,9H2,1-2H3,(H,19,20). The molecule has 2 saturated carbocycles. The van der Waals surface area contributed by atoms with Crippen molar-refractivity contribution < 1.29 is 9.90 Å². The van der Waals surface area contributed by atoms with Crippen molar-refractivity contribution in [1.82, 2.24) is 14.9 Å². The second kappa shape index (κ2) is 4.88. The molecule has 5 nitrogen and oxygen atoms in total. The van der Waals surface area contributed by atoms with E-state index in [4.69, 9.17) is 0 Å². The van der Waals surface area contributed by atoms with Gasteiger partial charge in [0.25, 0.3) is 0 Å². The van der Waals surface area contributed by atoms with Gasteiger partial charge in [0.15, 0.2) is 0 Å². The number of rotatable bonds is 7. The third-order valence-electron chi connectivity index (χ3n) is 4.38. The lowest BCUT2D eigenvalue weighted by Gasteiger charge is -2.32. The molecule has 2 aliphatic carbocycles. The van der Waals surface area contributed by atoms with Crippen LogP contribution in [0.15, 0.2) is 12.4 Å². The second-order valence-electron chi connectivity index (χ2n) is 6.54. The van der Waals surface area contributed by atoms with Gasteiger partial charge in [-0.3, -0.25) is 10.1 Å². The van der Waals surface area contributed by atoms with E-state index in [-0.39, 0.29) is 5.92 Å². The Hall–Kier alpha value is -1.36. The molecule has 2 N–H and O–H groups in total. The number of nitrogens with one attached hydrogen (secondary N) is 1. The molecule has 1 heterocycles. The van der Waals surface area contributed by atoms with Crippen LogP contribution in [0.5, 0.6) is 0 Å². The van der Waals surface area contributed by atoms with Crippen LogP contribution in [0.25, 0.3) is 0 Å². The van der Waals surface area contributed by atoms with Crippen molar-refractivity contribution in [1.29, 1.82) is 0 Å². The fraction of sp³-hybridized carbons (Fsp3) is 0.733. The van der Waals surface area contributed by atoms with Crippen molar-refractivity contribution >= 4 is 5.97 Å². The Balaban J connectivity index is 1.88. The fourth-order valence-corrected chi connectivity index (χ4v) is 2.99. The summed E-state index contributed by atoms with van der Waals surface area (Å²) in [5, 5.41) is 13.3. The van der Waals surface area contributed by atoms with Crippen LogP contribution in [0.2, 0.25) is 0 Å². The van der Waals surface area contributed by atoms with Crippen molar-refractivity contribution in [2.45, 2.75) is 63.6 Å². The van der Waals surface area contributed by atoms with Crippen molar-refractivity contribution in [3.63, 3.8) is 0 Å². The van der Waals surface area contributed by atoms with Crippen LogP contribution in [0.3, 0.4) is 0 Å². The summed E-state index contributed by atoms with van der Waals surface area (Å²) in [6, 6.07) is 0.387. The van der Waals surface area contributed by atoms with Gasteiger partial charge >= 0.3 is 5.97 Å². The first-order valence-electron chi connectivity index (χ1n) is 7.55. The molecule has 5 heteroatoms. The van der Waals surface area contributed by atoms with E-state index >= 15 is 0 Å². The van der Waals surface area contributed by atoms with E-state index in [0.29, 0.717) is 18.5 Å². The van der Waals surface area contributed by atoms with Gasteiger partial charge in [-0.05, 0) is 31.6 Å². The molecule has 0 amide bonds. The van der Waals surface area contributed by atoms with E-state index in [1.54, 1.807) is 6.20 Å². The van der Waals surface area contributed by atoms with Crippen LogP contribution in [0.4, 0.5) is 0 Å². The van der Waals surface area contributed by atoms with E-state index in [2.05, 4.69) is 24.1 Å². The average Bonchev–Trinajstić information content (AvgIpc) is 3.28. The summed E-state index contributed by atoms with van der Waals surface area (Å²) >= 11 is 0. The van der Waals surface area contributed by atoms with Crippen molar-refractivity contribution in [2.75, 3.05) is 0 Å². The molecule has 2 fully saturated rings. The summed E-state index contributed by atoms with van der Waals surface area (Å²) in [7, 11) is 0. The third-order valence-corrected chi connectivity index (χ3v) is 4.38. The Kier molecular flexibility index (Phi) is 3.32. The number of nitrogens with zero attached hydrogens (tertiary/aromatic N) is 2. The number of imidazole rings is 1. The van der Waals surface area contributed by atoms with Gasteiger partial charge in [0.2, 0.25) is 0 Å². The first kappa shape index (κ1) is 13.6. The monoisotopic (exact) mass is 277 g/mol. The lowest BCUT2D eigenvalue weighted by molar-refractivity contribution is -0.147. The topological polar surface area (TPSA) is 67.2 Å². The number of carboxylic acids is 1. The SMILES string of the molecule is CC(C)c1nccn1CC(NC1CC1)(C(=O)O)C1CC1. The van der Waals surface area contributed by atoms with Crippen LogP contribution >= 0.6 is 0 Å². The molecule has 0 radical (unpaired) electrons. The Morgan fingerprint density at radius 1 is 1.50 bits per heavy atom. The van der Waals surface area contributed by atoms with Crippen molar-refractivity contribution in [3.8, 4) is 0 Å². The van der Waals surface area contributed by atoms with E-state index < -0.39 is 11.5 Å². The van der Waals surface area contributed by atoms with Crippen LogP contribution < -0.4 is 5.32 Å². The molecule has 3 rings (SSSR count). The molecule has 1 aromatic heterocycles. The van der Waals surface area contributed by atoms with Gasteiger partial charge in [-0.1, -0.05) is 13.8 Å². The number of carboxylic acid groups (broad SMARTS) is 1. The maximum atomic E-state index is 12.0. The predicted octanol–water partition coefficient (Wildman–Crippen LogP) is 1.99. The normalized spacial score (nSPS) is 21.9. The predicted molar refractivity (Wildman–Crippen MR) is 75.6 cm³/mol. The van der Waals surface area contributed by atoms with Crippen LogP contribution in [0, 0.1) is 5.92 Å². The molecular weight excluding hydrogens is 254 g/mol. The summed E-state index contributed by atoms with van der Waals surface area (Å²) in [5.41, 5.74) is -0.814. The van der Waals surface area contributed by atoms with Gasteiger partial charge in [-0.2, -0.15) is 0 Å². The molecule has 0 saturated heterocycles. The van der Waals surface area contributed by atoms with Gasteiger partial charge in [0, 0.05) is 24.4 Å². The van der Waals surface area contributed by atoms with E-state index in [9.17, 15) is 9.90 Å². The van der Waals surface area contributed by atoms with Crippen molar-refractivity contribution in [3.05, 3.63) is 18.2 Å². The number of aliphatic carboxylic acids is 1. The molecule has 20 heavy (non-hydrogen) atoms. The first-order chi connectivity index (χ1) is 9.53. The molecule has 2 aliphatic rings. The summed E-state index contributed by atoms with van der Waals surface area (Å²) in [6.45, 7) is 4.66. The van der Waals surface area contributed by atoms with E-state index in [0.717, 1.165) is 31.5 Å². The molecule has 0 bridgehead atoms. The van der Waals surface area contributed by atoms with Crippen molar-refractivity contribution in [2.24, 2.45) is 5.92 Å². The largest absolute Gasteiger partial charge is 0.480 e. The minimum Gasteiger partial charge on any atom is -0.480 e. The summed E-state index contributed by atoms with van der Waals surface area (Å²) < 4.78 is 2.02. The lowest BCUT2D eigenvalue weighted by atomic mass is 9.92. The third kappa shape index (κ3) is 2.46. The number of hydrogen-bond acceptors (Lipinski definition) is 3. The smallest absolute Gasteiger partial charge is 0.326 e. The zero-order valence-corrected chi connectivity index (χ0v) is 12.2. The highest BCUT2D eigenvalue weighted by molar-refractivity contribution is 5.80. The molecule has 0 aliphatic heterocycles. The maximum Gasteiger partial charge on any atom is 0.326 e. The molecule has 1 atom stereocenters. The van der Waals surface area contributed by atoms with Gasteiger partial charge in [-0.15, -0.1) is 0 Å². The summed E-state index contributed by atoms with van der Waals surface area (Å²) in [5.74, 6) is 0.809. The Labute approximate surface area is 119 Å². The van der Waals surface area contributed by atoms with Crippen LogP contribution in [-0.4, -0.2) is 32.2 Å². The zero-order chi connectivity index (χ0) is 14.3. The molecule has 0 spiro atoms. The number of carbonyl (C=O) groups is 1. The summed E-state index contributed by atoms with van der Waals surface area (Å²) in [6.07, 6.45) is 7.90. The van der Waals surface area contributed by atoms with Crippen LogP contribution in [0.1, 0.15) is 51.3 Å².